The number of aromatic nitrogens is 2. The first-order chi connectivity index (χ1) is 23.3. The lowest BCUT2D eigenvalue weighted by Gasteiger charge is -2.41. The van der Waals surface area contributed by atoms with E-state index in [0.717, 1.165) is 33.9 Å². The second-order valence-electron chi connectivity index (χ2n) is 13.7. The van der Waals surface area contributed by atoms with Gasteiger partial charge in [-0.1, -0.05) is 82.3 Å². The standard InChI is InChI=1S/C38H48N2O7SSi/c1-9-48-34-33(47-49(7,8)37(2,3)4)31(46-35(34)40-24-23-32(41)39-36(40)42)25-45-38(26-13-11-10-12-14-26,27-15-19-29(43-5)20-16-27)28-17-21-30(44-6)22-18-28/h10-24,31,33-35H,9,25H2,1-8H3,(H,39,41,42)/t31-,33-,34-,35-/m1/s1. The molecule has 0 aliphatic carbocycles. The van der Waals surface area contributed by atoms with Crippen LogP contribution in [-0.4, -0.2) is 61.9 Å². The first kappa shape index (κ1) is 36.7. The fourth-order valence-electron chi connectivity index (χ4n) is 6.00. The SMILES string of the molecule is CCS[C@@H]1[C@H](O[Si](C)(C)C(C)(C)C)[C@@H](COC(c2ccccc2)(c2ccc(OC)cc2)c2ccc(OC)cc2)O[C@H]1n1ccc(=O)[nH]c1=O. The Hall–Kier alpha value is -3.61. The monoisotopic (exact) mass is 704 g/mol. The molecule has 3 aromatic carbocycles. The van der Waals surface area contributed by atoms with Crippen LogP contribution in [-0.2, 0) is 19.5 Å². The van der Waals surface area contributed by atoms with Crippen LogP contribution in [0.25, 0.3) is 0 Å². The minimum atomic E-state index is -2.35. The molecule has 1 aromatic heterocycles. The molecule has 1 fully saturated rings. The summed E-state index contributed by atoms with van der Waals surface area (Å²) >= 11 is 1.69. The molecule has 1 aliphatic rings. The van der Waals surface area contributed by atoms with Gasteiger partial charge in [0.05, 0.1) is 32.2 Å². The summed E-state index contributed by atoms with van der Waals surface area (Å²) in [6, 6.07) is 27.3. The minimum Gasteiger partial charge on any atom is -0.497 e. The zero-order chi connectivity index (χ0) is 35.4. The Labute approximate surface area is 294 Å². The smallest absolute Gasteiger partial charge is 0.330 e. The van der Waals surface area contributed by atoms with Gasteiger partial charge in [0.15, 0.2) is 14.5 Å². The molecule has 1 N–H and O–H groups in total. The molecule has 9 nitrogen and oxygen atoms in total. The second kappa shape index (κ2) is 15.1. The lowest BCUT2D eigenvalue weighted by molar-refractivity contribution is -0.0927. The van der Waals surface area contributed by atoms with E-state index in [1.807, 2.05) is 66.7 Å². The van der Waals surface area contributed by atoms with Gasteiger partial charge >= 0.3 is 5.69 Å². The van der Waals surface area contributed by atoms with Crippen molar-refractivity contribution in [3.63, 3.8) is 0 Å². The molecule has 0 radical (unpaired) electrons. The normalized spacial score (nSPS) is 19.9. The molecule has 0 bridgehead atoms. The number of aromatic amines is 1. The Morgan fingerprint density at radius 3 is 1.88 bits per heavy atom. The molecule has 5 rings (SSSR count). The van der Waals surface area contributed by atoms with Crippen LogP contribution in [0, 0.1) is 0 Å². The van der Waals surface area contributed by atoms with Gasteiger partial charge in [0.1, 0.15) is 23.2 Å². The summed E-state index contributed by atoms with van der Waals surface area (Å²) in [4.78, 5) is 27.6. The largest absolute Gasteiger partial charge is 0.497 e. The highest BCUT2D eigenvalue weighted by atomic mass is 32.2. The van der Waals surface area contributed by atoms with Crippen LogP contribution in [0.4, 0.5) is 0 Å². The molecule has 0 saturated carbocycles. The molecule has 11 heteroatoms. The van der Waals surface area contributed by atoms with Crippen molar-refractivity contribution >= 4 is 20.1 Å². The molecule has 1 aliphatic heterocycles. The highest BCUT2D eigenvalue weighted by molar-refractivity contribution is 7.99. The van der Waals surface area contributed by atoms with Crippen LogP contribution in [0.2, 0.25) is 18.1 Å². The highest BCUT2D eigenvalue weighted by Crippen LogP contribution is 2.47. The molecule has 49 heavy (non-hydrogen) atoms. The molecule has 2 heterocycles. The average Bonchev–Trinajstić information content (AvgIpc) is 3.41. The Morgan fingerprint density at radius 1 is 0.837 bits per heavy atom. The fraction of sp³-hybridized carbons (Fsp3) is 0.421. The van der Waals surface area contributed by atoms with Gasteiger partial charge in [-0.2, -0.15) is 11.8 Å². The molecular weight excluding hydrogens is 657 g/mol. The first-order valence-corrected chi connectivity index (χ1v) is 20.5. The molecule has 4 aromatic rings. The van der Waals surface area contributed by atoms with Gasteiger partial charge in [-0.15, -0.1) is 0 Å². The van der Waals surface area contributed by atoms with E-state index in [9.17, 15) is 9.59 Å². The number of hydrogen-bond donors (Lipinski definition) is 1. The van der Waals surface area contributed by atoms with E-state index in [2.05, 4.69) is 57.9 Å². The lowest BCUT2D eigenvalue weighted by atomic mass is 9.80. The molecule has 262 valence electrons. The van der Waals surface area contributed by atoms with E-state index in [-0.39, 0.29) is 16.9 Å². The van der Waals surface area contributed by atoms with Gasteiger partial charge in [-0.05, 0) is 64.8 Å². The van der Waals surface area contributed by atoms with Crippen molar-refractivity contribution in [1.29, 1.82) is 0 Å². The average molecular weight is 705 g/mol. The van der Waals surface area contributed by atoms with Crippen LogP contribution in [0.1, 0.15) is 50.6 Å². The number of ether oxygens (including phenoxy) is 4. The van der Waals surface area contributed by atoms with E-state index in [1.54, 1.807) is 26.0 Å². The Morgan fingerprint density at radius 2 is 1.39 bits per heavy atom. The fourth-order valence-corrected chi connectivity index (χ4v) is 8.60. The van der Waals surface area contributed by atoms with Crippen molar-refractivity contribution in [2.75, 3.05) is 26.6 Å². The topological polar surface area (TPSA) is 101 Å². The summed E-state index contributed by atoms with van der Waals surface area (Å²) < 4.78 is 33.8. The third kappa shape index (κ3) is 7.61. The van der Waals surface area contributed by atoms with E-state index in [1.165, 1.54) is 16.8 Å². The van der Waals surface area contributed by atoms with Gasteiger partial charge < -0.3 is 23.4 Å². The zero-order valence-corrected chi connectivity index (χ0v) is 31.4. The number of nitrogens with one attached hydrogen (secondary N) is 1. The van der Waals surface area contributed by atoms with Gasteiger partial charge in [0.2, 0.25) is 0 Å². The summed E-state index contributed by atoms with van der Waals surface area (Å²) in [7, 11) is 0.949. The van der Waals surface area contributed by atoms with Crippen LogP contribution in [0.3, 0.4) is 0 Å². The van der Waals surface area contributed by atoms with Crippen LogP contribution in [0.5, 0.6) is 11.5 Å². The Balaban J connectivity index is 1.65. The van der Waals surface area contributed by atoms with E-state index in [4.69, 9.17) is 23.4 Å². The molecule has 4 atom stereocenters. The Bertz CT molecular complexity index is 1740. The molecule has 0 unspecified atom stereocenters. The number of benzene rings is 3. The zero-order valence-electron chi connectivity index (χ0n) is 29.6. The second-order valence-corrected chi connectivity index (χ2v) is 19.9. The van der Waals surface area contributed by atoms with Crippen molar-refractivity contribution in [3.8, 4) is 11.5 Å². The summed E-state index contributed by atoms with van der Waals surface area (Å²) in [5.41, 5.74) is 0.680. The van der Waals surface area contributed by atoms with Crippen LogP contribution in [0.15, 0.2) is 101 Å². The van der Waals surface area contributed by atoms with Crippen molar-refractivity contribution < 1.29 is 23.4 Å². The number of methoxy groups -OCH3 is 2. The van der Waals surface area contributed by atoms with E-state index in [0.29, 0.717) is 0 Å². The summed E-state index contributed by atoms with van der Waals surface area (Å²) in [5, 5.41) is -0.323. The van der Waals surface area contributed by atoms with Gasteiger partial charge in [-0.3, -0.25) is 14.3 Å². The third-order valence-corrected chi connectivity index (χ3v) is 15.3. The summed E-state index contributed by atoms with van der Waals surface area (Å²) in [6.45, 7) is 13.3. The van der Waals surface area contributed by atoms with E-state index >= 15 is 0 Å². The van der Waals surface area contributed by atoms with Crippen molar-refractivity contribution in [3.05, 3.63) is 129 Å². The molecule has 0 spiro atoms. The lowest BCUT2D eigenvalue weighted by Crippen LogP contribution is -2.50. The number of rotatable bonds is 13. The Kier molecular flexibility index (Phi) is 11.3. The first-order valence-electron chi connectivity index (χ1n) is 16.6. The summed E-state index contributed by atoms with van der Waals surface area (Å²) in [5.74, 6) is 2.24. The maximum Gasteiger partial charge on any atom is 0.330 e. The summed E-state index contributed by atoms with van der Waals surface area (Å²) in [6.07, 6.45) is -0.146. The third-order valence-electron chi connectivity index (χ3n) is 9.64. The number of hydrogen-bond acceptors (Lipinski definition) is 8. The molecule has 0 amide bonds. The number of H-pyrrole nitrogens is 1. The van der Waals surface area contributed by atoms with Crippen LogP contribution < -0.4 is 20.7 Å². The minimum absolute atomic E-state index is 0.0767. The number of nitrogens with zero attached hydrogens (tertiary/aromatic N) is 1. The quantitative estimate of drug-likeness (QED) is 0.118. The number of thioether (sulfide) groups is 1. The van der Waals surface area contributed by atoms with Gasteiger partial charge in [0.25, 0.3) is 5.56 Å². The van der Waals surface area contributed by atoms with Crippen molar-refractivity contribution in [1.82, 2.24) is 9.55 Å². The van der Waals surface area contributed by atoms with Crippen LogP contribution >= 0.6 is 11.8 Å². The predicted octanol–water partition coefficient (Wildman–Crippen LogP) is 6.97. The highest BCUT2D eigenvalue weighted by Gasteiger charge is 2.52. The maximum absolute atomic E-state index is 13.1. The van der Waals surface area contributed by atoms with Crippen molar-refractivity contribution in [2.45, 2.75) is 75.1 Å². The van der Waals surface area contributed by atoms with Gasteiger partial charge in [0, 0.05) is 12.3 Å². The molecular formula is C38H48N2O7SSi. The molecule has 1 saturated heterocycles. The van der Waals surface area contributed by atoms with Gasteiger partial charge in [-0.25, -0.2) is 4.79 Å². The van der Waals surface area contributed by atoms with Crippen molar-refractivity contribution in [2.24, 2.45) is 0 Å². The van der Waals surface area contributed by atoms with E-state index < -0.39 is 43.6 Å². The maximum atomic E-state index is 13.1. The predicted molar refractivity (Wildman–Crippen MR) is 197 cm³/mol.